The highest BCUT2D eigenvalue weighted by molar-refractivity contribution is 5.20. The average molecular weight is 136 g/mol. The Bertz CT molecular complexity index is 172. The zero-order chi connectivity index (χ0) is 7.23. The summed E-state index contributed by atoms with van der Waals surface area (Å²) in [5.74, 6) is 0.660. The Kier molecular flexibility index (Phi) is 2.77. The van der Waals surface area contributed by atoms with E-state index in [4.69, 9.17) is 11.8 Å². The summed E-state index contributed by atoms with van der Waals surface area (Å²) < 4.78 is 0. The molecule has 0 heterocycles. The van der Waals surface area contributed by atoms with Crippen molar-refractivity contribution in [2.45, 2.75) is 0 Å². The minimum absolute atomic E-state index is 0.0644. The van der Waals surface area contributed by atoms with Gasteiger partial charge >= 0.3 is 0 Å². The molecule has 0 N–H and O–H groups in total. The molecule has 52 valence electrons. The van der Waals surface area contributed by atoms with Gasteiger partial charge in [-0.15, -0.1) is 0 Å². The van der Waals surface area contributed by atoms with E-state index in [1.165, 1.54) is 0 Å². The molecule has 2 radical (unpaired) electrons. The van der Waals surface area contributed by atoms with Gasteiger partial charge < -0.3 is 4.89 Å². The molecule has 10 heavy (non-hydrogen) atoms. The van der Waals surface area contributed by atoms with Gasteiger partial charge in [0, 0.05) is 0 Å². The van der Waals surface area contributed by atoms with Gasteiger partial charge in [-0.2, -0.15) is 4.89 Å². The van der Waals surface area contributed by atoms with Gasteiger partial charge in [-0.3, -0.25) is 0 Å². The Morgan fingerprint density at radius 3 is 2.50 bits per heavy atom. The van der Waals surface area contributed by atoms with Gasteiger partial charge in [0.15, 0.2) is 5.75 Å². The van der Waals surface area contributed by atoms with Crippen molar-refractivity contribution in [2.24, 2.45) is 0 Å². The standard InChI is InChI=1S/C8H8O2/c1-2-9-10-8-6-4-3-5-7-8/h1,3-7H,2H2. The molecular weight excluding hydrogens is 128 g/mol. The zero-order valence-electron chi connectivity index (χ0n) is 5.49. The highest BCUT2D eigenvalue weighted by Gasteiger charge is 1.87. The molecular formula is C8H8O2. The Labute approximate surface area is 60.3 Å². The van der Waals surface area contributed by atoms with Crippen LogP contribution in [0.15, 0.2) is 30.3 Å². The largest absolute Gasteiger partial charge is 0.338 e. The number of hydrogen-bond donors (Lipinski definition) is 0. The van der Waals surface area contributed by atoms with Crippen LogP contribution in [0.5, 0.6) is 5.75 Å². The lowest BCUT2D eigenvalue weighted by Crippen LogP contribution is -1.94. The summed E-state index contributed by atoms with van der Waals surface area (Å²) in [7, 11) is 0. The second kappa shape index (κ2) is 3.90. The van der Waals surface area contributed by atoms with Crippen LogP contribution in [-0.4, -0.2) is 6.61 Å². The smallest absolute Gasteiger partial charge is 0.165 e. The second-order valence-electron chi connectivity index (χ2n) is 1.68. The number of benzene rings is 1. The first-order valence-electron chi connectivity index (χ1n) is 2.98. The van der Waals surface area contributed by atoms with Crippen LogP contribution in [-0.2, 0) is 4.89 Å². The van der Waals surface area contributed by atoms with Gasteiger partial charge in [-0.05, 0) is 19.1 Å². The van der Waals surface area contributed by atoms with Gasteiger partial charge in [0.25, 0.3) is 0 Å². The summed E-state index contributed by atoms with van der Waals surface area (Å²) in [5.41, 5.74) is 0. The maximum Gasteiger partial charge on any atom is 0.165 e. The number of para-hydroxylation sites is 1. The van der Waals surface area contributed by atoms with E-state index < -0.39 is 0 Å². The van der Waals surface area contributed by atoms with Crippen LogP contribution in [0.25, 0.3) is 0 Å². The van der Waals surface area contributed by atoms with Crippen molar-refractivity contribution in [3.63, 3.8) is 0 Å². The van der Waals surface area contributed by atoms with Crippen LogP contribution in [0.4, 0.5) is 0 Å². The lowest BCUT2D eigenvalue weighted by atomic mass is 10.3. The van der Waals surface area contributed by atoms with E-state index in [-0.39, 0.29) is 6.61 Å². The van der Waals surface area contributed by atoms with E-state index >= 15 is 0 Å². The molecule has 1 aromatic rings. The predicted octanol–water partition coefficient (Wildman–Crippen LogP) is 1.71. The third-order valence-corrected chi connectivity index (χ3v) is 0.966. The van der Waals surface area contributed by atoms with Gasteiger partial charge in [0.1, 0.15) is 0 Å². The number of rotatable bonds is 3. The van der Waals surface area contributed by atoms with Crippen molar-refractivity contribution in [1.29, 1.82) is 0 Å². The molecule has 1 aromatic carbocycles. The zero-order valence-corrected chi connectivity index (χ0v) is 5.49. The number of hydrogen-bond acceptors (Lipinski definition) is 2. The molecule has 2 nitrogen and oxygen atoms in total. The molecule has 1 rings (SSSR count). The van der Waals surface area contributed by atoms with Crippen molar-refractivity contribution in [2.75, 3.05) is 6.61 Å². The minimum atomic E-state index is 0.0644. The quantitative estimate of drug-likeness (QED) is 0.465. The maximum absolute atomic E-state index is 5.03. The van der Waals surface area contributed by atoms with Crippen molar-refractivity contribution >= 4 is 0 Å². The molecule has 0 aliphatic carbocycles. The molecule has 0 aliphatic rings. The fourth-order valence-electron chi connectivity index (χ4n) is 0.578. The van der Waals surface area contributed by atoms with Crippen molar-refractivity contribution < 1.29 is 9.78 Å². The predicted molar refractivity (Wildman–Crippen MR) is 37.3 cm³/mol. The van der Waals surface area contributed by atoms with Crippen LogP contribution < -0.4 is 4.89 Å². The first kappa shape index (κ1) is 7.09. The van der Waals surface area contributed by atoms with E-state index in [2.05, 4.69) is 4.89 Å². The van der Waals surface area contributed by atoms with Crippen molar-refractivity contribution in [3.8, 4) is 5.75 Å². The maximum atomic E-state index is 5.03. The van der Waals surface area contributed by atoms with E-state index in [1.54, 1.807) is 12.1 Å². The Morgan fingerprint density at radius 2 is 1.90 bits per heavy atom. The van der Waals surface area contributed by atoms with E-state index in [1.807, 2.05) is 18.2 Å². The van der Waals surface area contributed by atoms with Crippen LogP contribution in [0.2, 0.25) is 0 Å². The van der Waals surface area contributed by atoms with Gasteiger partial charge in [-0.25, -0.2) is 0 Å². The topological polar surface area (TPSA) is 18.5 Å². The highest BCUT2D eigenvalue weighted by atomic mass is 17.2. The first-order chi connectivity index (χ1) is 4.93. The summed E-state index contributed by atoms with van der Waals surface area (Å²) in [4.78, 5) is 9.23. The summed E-state index contributed by atoms with van der Waals surface area (Å²) in [6.45, 7) is 5.09. The molecule has 0 spiro atoms. The van der Waals surface area contributed by atoms with Crippen molar-refractivity contribution in [3.05, 3.63) is 37.3 Å². The summed E-state index contributed by atoms with van der Waals surface area (Å²) in [5, 5.41) is 0. The summed E-state index contributed by atoms with van der Waals surface area (Å²) in [6.07, 6.45) is 0. The molecule has 0 saturated heterocycles. The molecule has 0 bridgehead atoms. The van der Waals surface area contributed by atoms with E-state index in [0.29, 0.717) is 5.75 Å². The molecule has 0 amide bonds. The highest BCUT2D eigenvalue weighted by Crippen LogP contribution is 2.07. The third-order valence-electron chi connectivity index (χ3n) is 0.966. The Hall–Kier alpha value is -1.02. The normalized spacial score (nSPS) is 9.30. The SMILES string of the molecule is [CH]COOc1ccccc1. The lowest BCUT2D eigenvalue weighted by molar-refractivity contribution is -0.196. The van der Waals surface area contributed by atoms with Gasteiger partial charge in [0.05, 0.1) is 6.61 Å². The molecule has 0 fully saturated rings. The fraction of sp³-hybridized carbons (Fsp3) is 0.125. The monoisotopic (exact) mass is 136 g/mol. The van der Waals surface area contributed by atoms with Crippen LogP contribution in [0.3, 0.4) is 0 Å². The molecule has 2 heteroatoms. The third kappa shape index (κ3) is 2.07. The van der Waals surface area contributed by atoms with Gasteiger partial charge in [-0.1, -0.05) is 18.2 Å². The molecule has 0 saturated carbocycles. The summed E-state index contributed by atoms with van der Waals surface area (Å²) in [6, 6.07) is 9.19. The van der Waals surface area contributed by atoms with Crippen molar-refractivity contribution in [1.82, 2.24) is 0 Å². The molecule has 0 unspecified atom stereocenters. The molecule has 0 aliphatic heterocycles. The van der Waals surface area contributed by atoms with E-state index in [0.717, 1.165) is 0 Å². The van der Waals surface area contributed by atoms with Crippen LogP contribution in [0, 0.1) is 6.92 Å². The average Bonchev–Trinajstić information content (AvgIpc) is 2.03. The first-order valence-corrected chi connectivity index (χ1v) is 2.98. The Morgan fingerprint density at radius 1 is 1.20 bits per heavy atom. The van der Waals surface area contributed by atoms with Gasteiger partial charge in [0.2, 0.25) is 0 Å². The van der Waals surface area contributed by atoms with E-state index in [9.17, 15) is 0 Å². The fourth-order valence-corrected chi connectivity index (χ4v) is 0.578. The summed E-state index contributed by atoms with van der Waals surface area (Å²) >= 11 is 0. The Balaban J connectivity index is 2.43. The van der Waals surface area contributed by atoms with Crippen LogP contribution >= 0.6 is 0 Å². The molecule has 0 aromatic heterocycles. The lowest BCUT2D eigenvalue weighted by Gasteiger charge is -1.99. The van der Waals surface area contributed by atoms with Crippen LogP contribution in [0.1, 0.15) is 0 Å². The minimum Gasteiger partial charge on any atom is -0.338 e. The second-order valence-corrected chi connectivity index (χ2v) is 1.68. The molecule has 0 atom stereocenters.